The lowest BCUT2D eigenvalue weighted by atomic mass is 9.93. The van der Waals surface area contributed by atoms with Crippen LogP contribution in [0.15, 0.2) is 0 Å². The van der Waals surface area contributed by atoms with Crippen LogP contribution < -0.4 is 0 Å². The maximum absolute atomic E-state index is 9.67. The Morgan fingerprint density at radius 1 is 1.33 bits per heavy atom. The van der Waals surface area contributed by atoms with E-state index in [1.54, 1.807) is 0 Å². The molecule has 0 amide bonds. The molecular formula is C11H20O. The number of hydrogen-bond donors (Lipinski definition) is 1. The van der Waals surface area contributed by atoms with Crippen molar-refractivity contribution in [1.82, 2.24) is 0 Å². The van der Waals surface area contributed by atoms with Crippen molar-refractivity contribution in [2.75, 3.05) is 0 Å². The van der Waals surface area contributed by atoms with Crippen molar-refractivity contribution < 1.29 is 5.11 Å². The predicted octanol–water partition coefficient (Wildman–Crippen LogP) is 2.59. The highest BCUT2D eigenvalue weighted by Gasteiger charge is 2.13. The molecule has 70 valence electrons. The molecule has 0 aliphatic carbocycles. The van der Waals surface area contributed by atoms with Crippen molar-refractivity contribution in [1.29, 1.82) is 0 Å². The second-order valence-electron chi connectivity index (χ2n) is 3.24. The van der Waals surface area contributed by atoms with E-state index in [0.29, 0.717) is 5.92 Å². The van der Waals surface area contributed by atoms with Gasteiger partial charge in [-0.1, -0.05) is 26.7 Å². The van der Waals surface area contributed by atoms with E-state index in [1.807, 2.05) is 0 Å². The lowest BCUT2D eigenvalue weighted by molar-refractivity contribution is 0.0926. The molecule has 12 heavy (non-hydrogen) atoms. The largest absolute Gasteiger partial charge is 0.393 e. The number of rotatable bonds is 6. The number of hydrogen-bond acceptors (Lipinski definition) is 1. The van der Waals surface area contributed by atoms with Crippen LogP contribution in [-0.2, 0) is 0 Å². The summed E-state index contributed by atoms with van der Waals surface area (Å²) in [6.07, 6.45) is 9.70. The number of aliphatic hydroxyl groups excluding tert-OH is 1. The Labute approximate surface area is 76.2 Å². The highest BCUT2D eigenvalue weighted by atomic mass is 16.3. The first-order valence-electron chi connectivity index (χ1n) is 4.87. The number of unbranched alkanes of at least 4 members (excludes halogenated alkanes) is 1. The maximum atomic E-state index is 9.67. The molecule has 0 aliphatic heterocycles. The standard InChI is InChI=1S/C11H20O/c1-4-7-8-9-11(12)10(5-2)6-3/h1,10-12H,5-9H2,2-3H3. The van der Waals surface area contributed by atoms with E-state index in [-0.39, 0.29) is 6.10 Å². The maximum Gasteiger partial charge on any atom is 0.0568 e. The molecule has 0 radical (unpaired) electrons. The first-order chi connectivity index (χ1) is 5.76. The monoisotopic (exact) mass is 168 g/mol. The minimum absolute atomic E-state index is 0.145. The molecule has 0 aliphatic rings. The summed E-state index contributed by atoms with van der Waals surface area (Å²) in [6, 6.07) is 0. The topological polar surface area (TPSA) is 20.2 Å². The average Bonchev–Trinajstić information content (AvgIpc) is 2.07. The molecule has 0 aromatic rings. The first-order valence-corrected chi connectivity index (χ1v) is 4.87. The van der Waals surface area contributed by atoms with Crippen LogP contribution in [0.25, 0.3) is 0 Å². The SMILES string of the molecule is C#CCCCC(O)C(CC)CC. The van der Waals surface area contributed by atoms with Crippen molar-refractivity contribution in [2.45, 2.75) is 52.1 Å². The van der Waals surface area contributed by atoms with Crippen LogP contribution in [0, 0.1) is 18.3 Å². The summed E-state index contributed by atoms with van der Waals surface area (Å²) in [4.78, 5) is 0. The minimum Gasteiger partial charge on any atom is -0.393 e. The molecule has 0 saturated heterocycles. The molecule has 0 spiro atoms. The highest BCUT2D eigenvalue weighted by Crippen LogP contribution is 2.17. The summed E-state index contributed by atoms with van der Waals surface area (Å²) in [6.45, 7) is 4.25. The summed E-state index contributed by atoms with van der Waals surface area (Å²) in [5.41, 5.74) is 0. The Balaban J connectivity index is 3.55. The lowest BCUT2D eigenvalue weighted by Crippen LogP contribution is -2.18. The molecule has 0 rings (SSSR count). The number of terminal acetylenes is 1. The second-order valence-corrected chi connectivity index (χ2v) is 3.24. The van der Waals surface area contributed by atoms with Gasteiger partial charge in [-0.15, -0.1) is 12.3 Å². The van der Waals surface area contributed by atoms with Gasteiger partial charge >= 0.3 is 0 Å². The Bertz CT molecular complexity index is 130. The summed E-state index contributed by atoms with van der Waals surface area (Å²) in [7, 11) is 0. The van der Waals surface area contributed by atoms with Crippen molar-refractivity contribution in [3.05, 3.63) is 0 Å². The van der Waals surface area contributed by atoms with Crippen LogP contribution in [0.1, 0.15) is 46.0 Å². The van der Waals surface area contributed by atoms with Gasteiger partial charge in [0.1, 0.15) is 0 Å². The Hall–Kier alpha value is -0.480. The lowest BCUT2D eigenvalue weighted by Gasteiger charge is -2.19. The molecule has 1 nitrogen and oxygen atoms in total. The fourth-order valence-corrected chi connectivity index (χ4v) is 1.48. The van der Waals surface area contributed by atoms with Gasteiger partial charge in [-0.2, -0.15) is 0 Å². The van der Waals surface area contributed by atoms with Crippen molar-refractivity contribution in [3.63, 3.8) is 0 Å². The second kappa shape index (κ2) is 7.18. The van der Waals surface area contributed by atoms with Gasteiger partial charge < -0.3 is 5.11 Å². The van der Waals surface area contributed by atoms with E-state index in [0.717, 1.165) is 32.1 Å². The van der Waals surface area contributed by atoms with Crippen LogP contribution in [0.3, 0.4) is 0 Å². The fourth-order valence-electron chi connectivity index (χ4n) is 1.48. The van der Waals surface area contributed by atoms with E-state index >= 15 is 0 Å². The van der Waals surface area contributed by atoms with Crippen LogP contribution in [-0.4, -0.2) is 11.2 Å². The van der Waals surface area contributed by atoms with Gasteiger partial charge in [0.2, 0.25) is 0 Å². The minimum atomic E-state index is -0.145. The fraction of sp³-hybridized carbons (Fsp3) is 0.818. The van der Waals surface area contributed by atoms with Gasteiger partial charge in [-0.05, 0) is 18.8 Å². The van der Waals surface area contributed by atoms with Crippen LogP contribution >= 0.6 is 0 Å². The molecule has 0 aromatic carbocycles. The Kier molecular flexibility index (Phi) is 6.90. The third-order valence-electron chi connectivity index (χ3n) is 2.41. The molecule has 1 heteroatoms. The zero-order chi connectivity index (χ0) is 9.40. The number of aliphatic hydroxyl groups is 1. The smallest absolute Gasteiger partial charge is 0.0568 e. The Morgan fingerprint density at radius 3 is 2.33 bits per heavy atom. The van der Waals surface area contributed by atoms with E-state index < -0.39 is 0 Å². The zero-order valence-corrected chi connectivity index (χ0v) is 8.21. The van der Waals surface area contributed by atoms with Gasteiger partial charge in [0.25, 0.3) is 0 Å². The van der Waals surface area contributed by atoms with Gasteiger partial charge in [0, 0.05) is 6.42 Å². The van der Waals surface area contributed by atoms with E-state index in [9.17, 15) is 5.11 Å². The quantitative estimate of drug-likeness (QED) is 0.477. The van der Waals surface area contributed by atoms with Crippen molar-refractivity contribution in [3.8, 4) is 12.3 Å². The van der Waals surface area contributed by atoms with Gasteiger partial charge in [-0.3, -0.25) is 0 Å². The van der Waals surface area contributed by atoms with Gasteiger partial charge in [0.05, 0.1) is 6.10 Å². The normalized spacial score (nSPS) is 12.9. The molecule has 1 unspecified atom stereocenters. The van der Waals surface area contributed by atoms with Crippen LogP contribution in [0.2, 0.25) is 0 Å². The molecule has 1 atom stereocenters. The Morgan fingerprint density at radius 2 is 1.92 bits per heavy atom. The van der Waals surface area contributed by atoms with E-state index in [4.69, 9.17) is 6.42 Å². The average molecular weight is 168 g/mol. The third-order valence-corrected chi connectivity index (χ3v) is 2.41. The summed E-state index contributed by atoms with van der Waals surface area (Å²) < 4.78 is 0. The highest BCUT2D eigenvalue weighted by molar-refractivity contribution is 4.83. The molecule has 1 N–H and O–H groups in total. The summed E-state index contributed by atoms with van der Waals surface area (Å²) in [5, 5.41) is 9.67. The summed E-state index contributed by atoms with van der Waals surface area (Å²) in [5.74, 6) is 3.05. The van der Waals surface area contributed by atoms with Gasteiger partial charge in [-0.25, -0.2) is 0 Å². The van der Waals surface area contributed by atoms with E-state index in [2.05, 4.69) is 19.8 Å². The predicted molar refractivity (Wildman–Crippen MR) is 52.8 cm³/mol. The van der Waals surface area contributed by atoms with Crippen LogP contribution in [0.5, 0.6) is 0 Å². The van der Waals surface area contributed by atoms with Crippen molar-refractivity contribution >= 4 is 0 Å². The molecule has 0 bridgehead atoms. The molecular weight excluding hydrogens is 148 g/mol. The van der Waals surface area contributed by atoms with Gasteiger partial charge in [0.15, 0.2) is 0 Å². The molecule has 0 fully saturated rings. The third kappa shape index (κ3) is 4.41. The molecule has 0 heterocycles. The zero-order valence-electron chi connectivity index (χ0n) is 8.21. The van der Waals surface area contributed by atoms with Crippen LogP contribution in [0.4, 0.5) is 0 Å². The summed E-state index contributed by atoms with van der Waals surface area (Å²) >= 11 is 0. The molecule has 0 aromatic heterocycles. The van der Waals surface area contributed by atoms with Crippen molar-refractivity contribution in [2.24, 2.45) is 5.92 Å². The van der Waals surface area contributed by atoms with E-state index in [1.165, 1.54) is 0 Å². The first kappa shape index (κ1) is 11.5. The molecule has 0 saturated carbocycles.